The Morgan fingerprint density at radius 2 is 1.76 bits per heavy atom. The summed E-state index contributed by atoms with van der Waals surface area (Å²) >= 11 is 11.5. The molecule has 0 aromatic heterocycles. The number of carbonyl (C=O) groups is 1. The Labute approximate surface area is 151 Å². The SMILES string of the molecule is O=C(CSc1ccccc1O)Nc1c(Br)cc(Br)cc1Br. The average molecular weight is 496 g/mol. The molecule has 110 valence electrons. The Hall–Kier alpha value is -0.500. The highest BCUT2D eigenvalue weighted by atomic mass is 79.9. The topological polar surface area (TPSA) is 49.3 Å². The lowest BCUT2D eigenvalue weighted by molar-refractivity contribution is -0.113. The number of hydrogen-bond acceptors (Lipinski definition) is 3. The Balaban J connectivity index is 2.01. The largest absolute Gasteiger partial charge is 0.507 e. The minimum atomic E-state index is -0.146. The third-order valence-electron chi connectivity index (χ3n) is 2.50. The molecule has 0 atom stereocenters. The first-order chi connectivity index (χ1) is 9.97. The highest BCUT2D eigenvalue weighted by Crippen LogP contribution is 2.35. The summed E-state index contributed by atoms with van der Waals surface area (Å²) in [5.74, 6) is 0.250. The van der Waals surface area contributed by atoms with Crippen molar-refractivity contribution in [1.82, 2.24) is 0 Å². The molecule has 0 aliphatic heterocycles. The van der Waals surface area contributed by atoms with Crippen molar-refractivity contribution in [3.05, 3.63) is 49.8 Å². The molecule has 21 heavy (non-hydrogen) atoms. The second kappa shape index (κ2) is 7.67. The van der Waals surface area contributed by atoms with Gasteiger partial charge in [-0.3, -0.25) is 4.79 Å². The summed E-state index contributed by atoms with van der Waals surface area (Å²) in [6, 6.07) is 10.7. The molecule has 0 fully saturated rings. The maximum atomic E-state index is 12.0. The molecule has 3 nitrogen and oxygen atoms in total. The van der Waals surface area contributed by atoms with Crippen LogP contribution in [-0.2, 0) is 4.79 Å². The van der Waals surface area contributed by atoms with Crippen LogP contribution in [0.2, 0.25) is 0 Å². The van der Waals surface area contributed by atoms with E-state index in [4.69, 9.17) is 0 Å². The summed E-state index contributed by atoms with van der Waals surface area (Å²) in [5, 5.41) is 12.5. The number of halogens is 3. The molecule has 0 saturated carbocycles. The quantitative estimate of drug-likeness (QED) is 0.557. The van der Waals surface area contributed by atoms with Crippen LogP contribution in [0.3, 0.4) is 0 Å². The average Bonchev–Trinajstić information content (AvgIpc) is 2.42. The number of hydrogen-bond donors (Lipinski definition) is 2. The van der Waals surface area contributed by atoms with Gasteiger partial charge in [0.2, 0.25) is 5.91 Å². The number of amides is 1. The lowest BCUT2D eigenvalue weighted by atomic mass is 10.3. The Kier molecular flexibility index (Phi) is 6.16. The van der Waals surface area contributed by atoms with Gasteiger partial charge in [-0.2, -0.15) is 0 Å². The molecule has 2 rings (SSSR count). The van der Waals surface area contributed by atoms with Crippen LogP contribution in [0.25, 0.3) is 0 Å². The lowest BCUT2D eigenvalue weighted by Gasteiger charge is -2.10. The summed E-state index contributed by atoms with van der Waals surface area (Å²) in [5.41, 5.74) is 0.682. The fourth-order valence-corrected chi connectivity index (χ4v) is 4.77. The van der Waals surface area contributed by atoms with Crippen LogP contribution in [0.15, 0.2) is 54.7 Å². The molecule has 0 heterocycles. The summed E-state index contributed by atoms with van der Waals surface area (Å²) in [6.45, 7) is 0. The number of anilines is 1. The molecule has 0 radical (unpaired) electrons. The highest BCUT2D eigenvalue weighted by molar-refractivity contribution is 9.11. The number of benzene rings is 2. The fraction of sp³-hybridized carbons (Fsp3) is 0.0714. The number of para-hydroxylation sites is 1. The summed E-state index contributed by atoms with van der Waals surface area (Å²) < 4.78 is 2.47. The van der Waals surface area contributed by atoms with Crippen LogP contribution in [0.5, 0.6) is 5.75 Å². The number of aromatic hydroxyl groups is 1. The zero-order chi connectivity index (χ0) is 15.4. The van der Waals surface area contributed by atoms with Gasteiger partial charge in [-0.1, -0.05) is 28.1 Å². The molecule has 2 aromatic carbocycles. The van der Waals surface area contributed by atoms with Gasteiger partial charge in [-0.25, -0.2) is 0 Å². The molecule has 2 N–H and O–H groups in total. The van der Waals surface area contributed by atoms with Crippen molar-refractivity contribution in [2.75, 3.05) is 11.1 Å². The van der Waals surface area contributed by atoms with E-state index in [1.165, 1.54) is 11.8 Å². The first-order valence-electron chi connectivity index (χ1n) is 5.82. The summed E-state index contributed by atoms with van der Waals surface area (Å²) in [6.07, 6.45) is 0. The van der Waals surface area contributed by atoms with E-state index in [2.05, 4.69) is 53.1 Å². The van der Waals surface area contributed by atoms with Gasteiger partial charge in [0.15, 0.2) is 0 Å². The van der Waals surface area contributed by atoms with Crippen molar-refractivity contribution >= 4 is 71.1 Å². The zero-order valence-corrected chi connectivity index (χ0v) is 16.1. The van der Waals surface area contributed by atoms with Gasteiger partial charge >= 0.3 is 0 Å². The Morgan fingerprint density at radius 3 is 2.38 bits per heavy atom. The summed E-state index contributed by atoms with van der Waals surface area (Å²) in [4.78, 5) is 12.7. The van der Waals surface area contributed by atoms with Crippen molar-refractivity contribution < 1.29 is 9.90 Å². The standard InChI is InChI=1S/C14H10Br3NO2S/c15-8-5-9(16)14(10(17)6-8)18-13(20)7-21-12-4-2-1-3-11(12)19/h1-6,19H,7H2,(H,18,20). The molecule has 2 aromatic rings. The maximum Gasteiger partial charge on any atom is 0.234 e. The van der Waals surface area contributed by atoms with Gasteiger partial charge in [0, 0.05) is 18.3 Å². The lowest BCUT2D eigenvalue weighted by Crippen LogP contribution is -2.14. The van der Waals surface area contributed by atoms with Crippen LogP contribution >= 0.6 is 59.6 Å². The fourth-order valence-electron chi connectivity index (χ4n) is 1.56. The normalized spacial score (nSPS) is 10.4. The number of thioether (sulfide) groups is 1. The minimum absolute atomic E-state index is 0.146. The predicted octanol–water partition coefficient (Wildman–Crippen LogP) is 5.41. The number of phenolic OH excluding ortho intramolecular Hbond substituents is 1. The van der Waals surface area contributed by atoms with E-state index >= 15 is 0 Å². The van der Waals surface area contributed by atoms with E-state index < -0.39 is 0 Å². The van der Waals surface area contributed by atoms with Gasteiger partial charge in [-0.15, -0.1) is 11.8 Å². The van der Waals surface area contributed by atoms with E-state index in [9.17, 15) is 9.90 Å². The van der Waals surface area contributed by atoms with E-state index in [0.717, 1.165) is 13.4 Å². The molecule has 0 aliphatic rings. The number of carbonyl (C=O) groups excluding carboxylic acids is 1. The van der Waals surface area contributed by atoms with Crippen molar-refractivity contribution in [3.8, 4) is 5.75 Å². The Bertz CT molecular complexity index is 656. The van der Waals surface area contributed by atoms with Gasteiger partial charge in [0.05, 0.1) is 11.4 Å². The van der Waals surface area contributed by atoms with Crippen LogP contribution < -0.4 is 5.32 Å². The first kappa shape index (κ1) is 16.9. The molecule has 1 amide bonds. The molecular formula is C14H10Br3NO2S. The third kappa shape index (κ3) is 4.74. The molecular weight excluding hydrogens is 486 g/mol. The van der Waals surface area contributed by atoms with E-state index in [-0.39, 0.29) is 17.4 Å². The van der Waals surface area contributed by atoms with E-state index in [1.807, 2.05) is 18.2 Å². The van der Waals surface area contributed by atoms with Crippen molar-refractivity contribution in [2.45, 2.75) is 4.90 Å². The molecule has 0 spiro atoms. The molecule has 0 saturated heterocycles. The van der Waals surface area contributed by atoms with E-state index in [0.29, 0.717) is 10.6 Å². The molecule has 0 unspecified atom stereocenters. The minimum Gasteiger partial charge on any atom is -0.507 e. The van der Waals surface area contributed by atoms with Gasteiger partial charge in [0.1, 0.15) is 5.75 Å². The van der Waals surface area contributed by atoms with E-state index in [1.54, 1.807) is 18.2 Å². The zero-order valence-electron chi connectivity index (χ0n) is 10.6. The van der Waals surface area contributed by atoms with Crippen molar-refractivity contribution in [2.24, 2.45) is 0 Å². The smallest absolute Gasteiger partial charge is 0.234 e. The predicted molar refractivity (Wildman–Crippen MR) is 97.0 cm³/mol. The third-order valence-corrected chi connectivity index (χ3v) is 5.27. The van der Waals surface area contributed by atoms with Crippen LogP contribution in [0, 0.1) is 0 Å². The van der Waals surface area contributed by atoms with Crippen LogP contribution in [-0.4, -0.2) is 16.8 Å². The number of phenols is 1. The monoisotopic (exact) mass is 493 g/mol. The molecule has 7 heteroatoms. The van der Waals surface area contributed by atoms with Crippen molar-refractivity contribution in [1.29, 1.82) is 0 Å². The molecule has 0 aliphatic carbocycles. The van der Waals surface area contributed by atoms with Gasteiger partial charge in [-0.05, 0) is 56.1 Å². The number of rotatable bonds is 4. The van der Waals surface area contributed by atoms with Crippen LogP contribution in [0.1, 0.15) is 0 Å². The molecule has 0 bridgehead atoms. The maximum absolute atomic E-state index is 12.0. The highest BCUT2D eigenvalue weighted by Gasteiger charge is 2.11. The second-order valence-corrected chi connectivity index (χ2v) is 7.69. The first-order valence-corrected chi connectivity index (χ1v) is 9.19. The van der Waals surface area contributed by atoms with Gasteiger partial charge in [0.25, 0.3) is 0 Å². The Morgan fingerprint density at radius 1 is 1.14 bits per heavy atom. The van der Waals surface area contributed by atoms with Crippen LogP contribution in [0.4, 0.5) is 5.69 Å². The van der Waals surface area contributed by atoms with Crippen molar-refractivity contribution in [3.63, 3.8) is 0 Å². The van der Waals surface area contributed by atoms with Gasteiger partial charge < -0.3 is 10.4 Å². The number of nitrogens with one attached hydrogen (secondary N) is 1. The second-order valence-electron chi connectivity index (χ2n) is 4.05. The summed E-state index contributed by atoms with van der Waals surface area (Å²) in [7, 11) is 0.